The highest BCUT2D eigenvalue weighted by atomic mass is 16.6. The van der Waals surface area contributed by atoms with Gasteiger partial charge in [-0.25, -0.2) is 4.79 Å². The lowest BCUT2D eigenvalue weighted by Gasteiger charge is -2.25. The SMILES string of the molecule is CCC(NC(=O)OC(C)(C)C)C(C)C(=O)CC(=O)O. The van der Waals surface area contributed by atoms with E-state index in [1.165, 1.54) is 0 Å². The minimum atomic E-state index is -1.16. The second-order valence-corrected chi connectivity index (χ2v) is 5.49. The number of hydrogen-bond donors (Lipinski definition) is 2. The third kappa shape index (κ3) is 7.43. The van der Waals surface area contributed by atoms with Gasteiger partial charge in [0.05, 0.1) is 0 Å². The van der Waals surface area contributed by atoms with Gasteiger partial charge in [-0.05, 0) is 27.2 Å². The van der Waals surface area contributed by atoms with E-state index in [1.807, 2.05) is 6.92 Å². The first kappa shape index (κ1) is 17.4. The summed E-state index contributed by atoms with van der Waals surface area (Å²) in [5.41, 5.74) is -0.614. The van der Waals surface area contributed by atoms with Gasteiger partial charge in [-0.3, -0.25) is 9.59 Å². The number of aliphatic carboxylic acids is 1. The van der Waals surface area contributed by atoms with E-state index in [-0.39, 0.29) is 0 Å². The van der Waals surface area contributed by atoms with Crippen molar-refractivity contribution in [3.63, 3.8) is 0 Å². The van der Waals surface area contributed by atoms with Crippen molar-refractivity contribution in [1.82, 2.24) is 5.32 Å². The molecule has 2 atom stereocenters. The number of carboxylic acid groups (broad SMARTS) is 1. The lowest BCUT2D eigenvalue weighted by molar-refractivity contribution is -0.141. The molecule has 0 aliphatic heterocycles. The van der Waals surface area contributed by atoms with E-state index < -0.39 is 41.8 Å². The zero-order valence-corrected chi connectivity index (χ0v) is 12.1. The van der Waals surface area contributed by atoms with Gasteiger partial charge in [0.25, 0.3) is 0 Å². The van der Waals surface area contributed by atoms with Crippen LogP contribution in [0.4, 0.5) is 4.79 Å². The number of carboxylic acids is 1. The highest BCUT2D eigenvalue weighted by Crippen LogP contribution is 2.13. The number of ether oxygens (including phenoxy) is 1. The third-order valence-corrected chi connectivity index (χ3v) is 2.58. The Morgan fingerprint density at radius 2 is 1.79 bits per heavy atom. The average Bonchev–Trinajstić information content (AvgIpc) is 2.21. The Morgan fingerprint density at radius 3 is 2.16 bits per heavy atom. The van der Waals surface area contributed by atoms with E-state index in [2.05, 4.69) is 5.32 Å². The van der Waals surface area contributed by atoms with Gasteiger partial charge in [0, 0.05) is 12.0 Å². The molecule has 0 rings (SSSR count). The lowest BCUT2D eigenvalue weighted by Crippen LogP contribution is -2.44. The molecule has 1 amide bonds. The molecule has 0 spiro atoms. The van der Waals surface area contributed by atoms with Crippen LogP contribution in [0.1, 0.15) is 47.5 Å². The van der Waals surface area contributed by atoms with Crippen LogP contribution in [0.25, 0.3) is 0 Å². The topological polar surface area (TPSA) is 92.7 Å². The summed E-state index contributed by atoms with van der Waals surface area (Å²) in [7, 11) is 0. The summed E-state index contributed by atoms with van der Waals surface area (Å²) < 4.78 is 5.10. The number of carbonyl (C=O) groups excluding carboxylic acids is 2. The van der Waals surface area contributed by atoms with Crippen molar-refractivity contribution in [2.75, 3.05) is 0 Å². The first-order valence-corrected chi connectivity index (χ1v) is 6.30. The fourth-order valence-corrected chi connectivity index (χ4v) is 1.57. The number of Topliss-reactive ketones (excluding diaryl/α,β-unsaturated/α-hetero) is 1. The van der Waals surface area contributed by atoms with Crippen LogP contribution in [-0.4, -0.2) is 34.6 Å². The summed E-state index contributed by atoms with van der Waals surface area (Å²) in [5.74, 6) is -2.13. The molecule has 0 saturated carbocycles. The number of amides is 1. The molecule has 110 valence electrons. The van der Waals surface area contributed by atoms with Gasteiger partial charge in [-0.15, -0.1) is 0 Å². The normalized spacial score (nSPS) is 14.4. The molecular formula is C13H23NO5. The van der Waals surface area contributed by atoms with Crippen LogP contribution in [0.5, 0.6) is 0 Å². The molecule has 0 aromatic carbocycles. The number of ketones is 1. The number of nitrogens with one attached hydrogen (secondary N) is 1. The van der Waals surface area contributed by atoms with Crippen LogP contribution < -0.4 is 5.32 Å². The van der Waals surface area contributed by atoms with Crippen molar-refractivity contribution in [3.05, 3.63) is 0 Å². The molecule has 6 heteroatoms. The maximum Gasteiger partial charge on any atom is 0.407 e. The molecule has 0 radical (unpaired) electrons. The van der Waals surface area contributed by atoms with Crippen LogP contribution in [-0.2, 0) is 14.3 Å². The second kappa shape index (κ2) is 7.11. The first-order valence-electron chi connectivity index (χ1n) is 6.30. The largest absolute Gasteiger partial charge is 0.481 e. The quantitative estimate of drug-likeness (QED) is 0.722. The van der Waals surface area contributed by atoms with E-state index >= 15 is 0 Å². The number of alkyl carbamates (subject to hydrolysis) is 1. The summed E-state index contributed by atoms with van der Waals surface area (Å²) in [6.07, 6.45) is -0.617. The van der Waals surface area contributed by atoms with Crippen molar-refractivity contribution in [2.45, 2.75) is 59.1 Å². The zero-order valence-electron chi connectivity index (χ0n) is 12.1. The molecule has 2 N–H and O–H groups in total. The van der Waals surface area contributed by atoms with Crippen molar-refractivity contribution in [2.24, 2.45) is 5.92 Å². The average molecular weight is 273 g/mol. The molecule has 0 aromatic rings. The van der Waals surface area contributed by atoms with Gasteiger partial charge in [-0.2, -0.15) is 0 Å². The van der Waals surface area contributed by atoms with Gasteiger partial charge in [0.1, 0.15) is 17.8 Å². The van der Waals surface area contributed by atoms with Gasteiger partial charge in [-0.1, -0.05) is 13.8 Å². The maximum atomic E-state index is 11.6. The minimum absolute atomic E-state index is 0.407. The minimum Gasteiger partial charge on any atom is -0.481 e. The molecule has 0 heterocycles. The number of carbonyl (C=O) groups is 3. The standard InChI is InChI=1S/C13H23NO5/c1-6-9(8(2)10(15)7-11(16)17)14-12(18)19-13(3,4)5/h8-9H,6-7H2,1-5H3,(H,14,18)(H,16,17). The summed E-state index contributed by atoms with van der Waals surface area (Å²) >= 11 is 0. The molecule has 0 aliphatic carbocycles. The van der Waals surface area contributed by atoms with Crippen LogP contribution in [0.2, 0.25) is 0 Å². The summed E-state index contributed by atoms with van der Waals surface area (Å²) in [4.78, 5) is 33.8. The molecule has 19 heavy (non-hydrogen) atoms. The fraction of sp³-hybridized carbons (Fsp3) is 0.769. The fourth-order valence-electron chi connectivity index (χ4n) is 1.57. The van der Waals surface area contributed by atoms with Crippen molar-refractivity contribution < 1.29 is 24.2 Å². The third-order valence-electron chi connectivity index (χ3n) is 2.58. The molecule has 0 aliphatic rings. The lowest BCUT2D eigenvalue weighted by atomic mass is 9.93. The van der Waals surface area contributed by atoms with Crippen molar-refractivity contribution in [3.8, 4) is 0 Å². The van der Waals surface area contributed by atoms with E-state index in [0.717, 1.165) is 0 Å². The van der Waals surface area contributed by atoms with Gasteiger partial charge < -0.3 is 15.2 Å². The Kier molecular flexibility index (Phi) is 6.52. The number of rotatable bonds is 6. The summed E-state index contributed by atoms with van der Waals surface area (Å²) in [6, 6.07) is -0.429. The van der Waals surface area contributed by atoms with Gasteiger partial charge >= 0.3 is 12.1 Å². The molecular weight excluding hydrogens is 250 g/mol. The van der Waals surface area contributed by atoms with Crippen molar-refractivity contribution in [1.29, 1.82) is 0 Å². The molecule has 6 nitrogen and oxygen atoms in total. The van der Waals surface area contributed by atoms with E-state index in [1.54, 1.807) is 27.7 Å². The van der Waals surface area contributed by atoms with Gasteiger partial charge in [0.15, 0.2) is 0 Å². The van der Waals surface area contributed by atoms with Crippen LogP contribution in [0.3, 0.4) is 0 Å². The smallest absolute Gasteiger partial charge is 0.407 e. The Hall–Kier alpha value is -1.59. The second-order valence-electron chi connectivity index (χ2n) is 5.49. The predicted molar refractivity (Wildman–Crippen MR) is 69.9 cm³/mol. The van der Waals surface area contributed by atoms with Crippen LogP contribution in [0, 0.1) is 5.92 Å². The van der Waals surface area contributed by atoms with Crippen LogP contribution >= 0.6 is 0 Å². The van der Waals surface area contributed by atoms with E-state index in [4.69, 9.17) is 9.84 Å². The predicted octanol–water partition coefficient (Wildman–Crippen LogP) is 1.97. The molecule has 0 fully saturated rings. The Balaban J connectivity index is 4.53. The molecule has 0 aromatic heterocycles. The Morgan fingerprint density at radius 1 is 1.26 bits per heavy atom. The highest BCUT2D eigenvalue weighted by Gasteiger charge is 2.27. The van der Waals surface area contributed by atoms with E-state index in [9.17, 15) is 14.4 Å². The molecule has 0 bridgehead atoms. The van der Waals surface area contributed by atoms with Crippen molar-refractivity contribution >= 4 is 17.8 Å². The molecule has 2 unspecified atom stereocenters. The zero-order chi connectivity index (χ0) is 15.2. The summed E-state index contributed by atoms with van der Waals surface area (Å²) in [5, 5.41) is 11.2. The monoisotopic (exact) mass is 273 g/mol. The highest BCUT2D eigenvalue weighted by molar-refractivity contribution is 5.96. The maximum absolute atomic E-state index is 11.6. The Bertz CT molecular complexity index is 345. The van der Waals surface area contributed by atoms with E-state index in [0.29, 0.717) is 6.42 Å². The molecule has 0 saturated heterocycles. The van der Waals surface area contributed by atoms with Crippen LogP contribution in [0.15, 0.2) is 0 Å². The number of hydrogen-bond acceptors (Lipinski definition) is 4. The first-order chi connectivity index (χ1) is 8.56. The summed E-state index contributed by atoms with van der Waals surface area (Å²) in [6.45, 7) is 8.65. The Labute approximate surface area is 113 Å². The van der Waals surface area contributed by atoms with Gasteiger partial charge in [0.2, 0.25) is 0 Å².